The first-order valence-electron chi connectivity index (χ1n) is 4.10. The molecule has 0 aliphatic carbocycles. The van der Waals surface area contributed by atoms with E-state index in [1.54, 1.807) is 0 Å². The first kappa shape index (κ1) is 11.9. The number of benzene rings is 1. The van der Waals surface area contributed by atoms with Crippen LogP contribution in [0.15, 0.2) is 30.3 Å². The standard InChI is InChI=1S/C10H15N.HI/c1-8(9(2)11)10-6-4-3-5-7-10;/h3-9H,11H2,1-2H3;1H/t8-,9?;/m1./s1. The Morgan fingerprint density at radius 1 is 1.08 bits per heavy atom. The highest BCUT2D eigenvalue weighted by Gasteiger charge is 2.11. The Balaban J connectivity index is 0.00000121. The van der Waals surface area contributed by atoms with Gasteiger partial charge in [0.05, 0.1) is 6.04 Å². The van der Waals surface area contributed by atoms with Crippen LogP contribution in [0.25, 0.3) is 0 Å². The van der Waals surface area contributed by atoms with Gasteiger partial charge in [-0.1, -0.05) is 37.3 Å². The lowest BCUT2D eigenvalue weighted by molar-refractivity contribution is -0.418. The molecule has 0 aliphatic rings. The quantitative estimate of drug-likeness (QED) is 0.632. The third kappa shape index (κ3) is 3.11. The van der Waals surface area contributed by atoms with E-state index < -0.39 is 0 Å². The number of hydrogen-bond donors (Lipinski definition) is 1. The molecule has 0 radical (unpaired) electrons. The lowest BCUT2D eigenvalue weighted by Gasteiger charge is -2.12. The summed E-state index contributed by atoms with van der Waals surface area (Å²) >= 11 is 0. The van der Waals surface area contributed by atoms with Crippen molar-refractivity contribution in [2.45, 2.75) is 25.8 Å². The summed E-state index contributed by atoms with van der Waals surface area (Å²) < 4.78 is 0. The predicted octanol–water partition coefficient (Wildman–Crippen LogP) is -1.58. The molecule has 0 aliphatic heterocycles. The SMILES string of the molecule is CC([NH3+])[C@@H](C)c1ccccc1.[I-]. The van der Waals surface area contributed by atoms with Crippen LogP contribution in [0.1, 0.15) is 25.3 Å². The Morgan fingerprint density at radius 3 is 2.00 bits per heavy atom. The van der Waals surface area contributed by atoms with E-state index in [0.717, 1.165) is 0 Å². The molecule has 12 heavy (non-hydrogen) atoms. The van der Waals surface area contributed by atoms with Crippen LogP contribution in [0.4, 0.5) is 0 Å². The molecule has 0 aromatic heterocycles. The fraction of sp³-hybridized carbons (Fsp3) is 0.400. The minimum absolute atomic E-state index is 0. The van der Waals surface area contributed by atoms with Gasteiger partial charge in [0.25, 0.3) is 0 Å². The molecule has 0 bridgehead atoms. The summed E-state index contributed by atoms with van der Waals surface area (Å²) in [7, 11) is 0. The average Bonchev–Trinajstić information content (AvgIpc) is 2.05. The molecule has 2 atom stereocenters. The number of quaternary nitrogens is 1. The fourth-order valence-electron chi connectivity index (χ4n) is 1.09. The summed E-state index contributed by atoms with van der Waals surface area (Å²) in [6, 6.07) is 11.0. The minimum Gasteiger partial charge on any atom is -1.00 e. The number of halogens is 1. The molecular formula is C10H16IN. The van der Waals surface area contributed by atoms with Crippen molar-refractivity contribution in [2.75, 3.05) is 0 Å². The molecule has 1 nitrogen and oxygen atoms in total. The van der Waals surface area contributed by atoms with Crippen LogP contribution in [-0.2, 0) is 0 Å². The van der Waals surface area contributed by atoms with Gasteiger partial charge in [-0.15, -0.1) is 0 Å². The molecule has 1 aromatic rings. The smallest absolute Gasteiger partial charge is 0.0881 e. The van der Waals surface area contributed by atoms with Gasteiger partial charge < -0.3 is 29.7 Å². The van der Waals surface area contributed by atoms with Crippen molar-refractivity contribution in [3.63, 3.8) is 0 Å². The summed E-state index contributed by atoms with van der Waals surface area (Å²) in [4.78, 5) is 0. The average molecular weight is 277 g/mol. The minimum atomic E-state index is 0. The molecule has 2 heteroatoms. The monoisotopic (exact) mass is 277 g/mol. The molecule has 0 heterocycles. The van der Waals surface area contributed by atoms with E-state index in [0.29, 0.717) is 12.0 Å². The Hall–Kier alpha value is -0.0900. The Morgan fingerprint density at radius 2 is 1.58 bits per heavy atom. The summed E-state index contributed by atoms with van der Waals surface area (Å²) in [6.07, 6.45) is 0. The molecule has 0 saturated carbocycles. The Bertz CT molecular complexity index is 208. The van der Waals surface area contributed by atoms with Crippen molar-refractivity contribution in [3.05, 3.63) is 35.9 Å². The first-order chi connectivity index (χ1) is 5.22. The van der Waals surface area contributed by atoms with Gasteiger partial charge in [0.15, 0.2) is 0 Å². The van der Waals surface area contributed by atoms with Gasteiger partial charge in [-0.3, -0.25) is 0 Å². The Kier molecular flexibility index (Phi) is 5.50. The second-order valence-electron chi connectivity index (χ2n) is 3.18. The molecule has 0 saturated heterocycles. The van der Waals surface area contributed by atoms with Gasteiger partial charge in [0.1, 0.15) is 0 Å². The van der Waals surface area contributed by atoms with Crippen LogP contribution in [0.2, 0.25) is 0 Å². The molecular weight excluding hydrogens is 261 g/mol. The maximum Gasteiger partial charge on any atom is 0.0881 e. The summed E-state index contributed by atoms with van der Waals surface area (Å²) in [5.74, 6) is 0.566. The fourth-order valence-corrected chi connectivity index (χ4v) is 1.09. The molecule has 1 unspecified atom stereocenters. The zero-order valence-corrected chi connectivity index (χ0v) is 9.78. The highest BCUT2D eigenvalue weighted by Crippen LogP contribution is 2.15. The van der Waals surface area contributed by atoms with Gasteiger partial charge in [-0.25, -0.2) is 0 Å². The first-order valence-corrected chi connectivity index (χ1v) is 4.10. The molecule has 3 N–H and O–H groups in total. The van der Waals surface area contributed by atoms with Crippen molar-refractivity contribution in [2.24, 2.45) is 0 Å². The van der Waals surface area contributed by atoms with Crippen LogP contribution in [0.5, 0.6) is 0 Å². The summed E-state index contributed by atoms with van der Waals surface area (Å²) in [5, 5.41) is 0. The van der Waals surface area contributed by atoms with Gasteiger partial charge >= 0.3 is 0 Å². The molecule has 0 spiro atoms. The third-order valence-electron chi connectivity index (χ3n) is 2.18. The van der Waals surface area contributed by atoms with E-state index >= 15 is 0 Å². The van der Waals surface area contributed by atoms with Crippen LogP contribution < -0.4 is 29.7 Å². The van der Waals surface area contributed by atoms with Gasteiger partial charge in [0, 0.05) is 5.92 Å². The van der Waals surface area contributed by atoms with E-state index in [2.05, 4.69) is 43.8 Å². The second-order valence-corrected chi connectivity index (χ2v) is 3.18. The normalized spacial score (nSPS) is 14.6. The lowest BCUT2D eigenvalue weighted by Crippen LogP contribution is -3.00. The van der Waals surface area contributed by atoms with E-state index in [-0.39, 0.29) is 24.0 Å². The molecule has 0 amide bonds. The largest absolute Gasteiger partial charge is 1.00 e. The molecule has 1 aromatic carbocycles. The zero-order chi connectivity index (χ0) is 8.27. The van der Waals surface area contributed by atoms with Crippen LogP contribution >= 0.6 is 0 Å². The topological polar surface area (TPSA) is 27.6 Å². The van der Waals surface area contributed by atoms with Crippen molar-refractivity contribution >= 4 is 0 Å². The van der Waals surface area contributed by atoms with Crippen molar-refractivity contribution < 1.29 is 29.7 Å². The molecule has 0 fully saturated rings. The van der Waals surface area contributed by atoms with Gasteiger partial charge in [-0.2, -0.15) is 0 Å². The third-order valence-corrected chi connectivity index (χ3v) is 2.18. The van der Waals surface area contributed by atoms with E-state index in [4.69, 9.17) is 0 Å². The van der Waals surface area contributed by atoms with Crippen LogP contribution in [0.3, 0.4) is 0 Å². The number of hydrogen-bond acceptors (Lipinski definition) is 0. The van der Waals surface area contributed by atoms with Crippen molar-refractivity contribution in [3.8, 4) is 0 Å². The maximum atomic E-state index is 4.01. The van der Waals surface area contributed by atoms with E-state index in [1.807, 2.05) is 6.07 Å². The van der Waals surface area contributed by atoms with Crippen LogP contribution in [-0.4, -0.2) is 6.04 Å². The summed E-state index contributed by atoms with van der Waals surface area (Å²) in [6.45, 7) is 4.37. The van der Waals surface area contributed by atoms with E-state index in [9.17, 15) is 0 Å². The maximum absolute atomic E-state index is 4.01. The lowest BCUT2D eigenvalue weighted by atomic mass is 9.95. The molecule has 68 valence electrons. The second kappa shape index (κ2) is 5.54. The summed E-state index contributed by atoms with van der Waals surface area (Å²) in [5.41, 5.74) is 5.40. The van der Waals surface area contributed by atoms with Gasteiger partial charge in [-0.05, 0) is 12.5 Å². The zero-order valence-electron chi connectivity index (χ0n) is 7.63. The highest BCUT2D eigenvalue weighted by atomic mass is 127. The van der Waals surface area contributed by atoms with E-state index in [1.165, 1.54) is 5.56 Å². The Labute approximate surface area is 91.4 Å². The predicted molar refractivity (Wildman–Crippen MR) is 47.2 cm³/mol. The van der Waals surface area contributed by atoms with Crippen molar-refractivity contribution in [1.29, 1.82) is 0 Å². The molecule has 1 rings (SSSR count). The van der Waals surface area contributed by atoms with Crippen LogP contribution in [0, 0.1) is 0 Å². The van der Waals surface area contributed by atoms with Gasteiger partial charge in [0.2, 0.25) is 0 Å². The number of rotatable bonds is 2. The highest BCUT2D eigenvalue weighted by molar-refractivity contribution is 5.19. The van der Waals surface area contributed by atoms with Crippen molar-refractivity contribution in [1.82, 2.24) is 0 Å².